The van der Waals surface area contributed by atoms with Crippen LogP contribution in [-0.4, -0.2) is 21.2 Å². The van der Waals surface area contributed by atoms with Crippen molar-refractivity contribution in [2.75, 3.05) is 0 Å². The molecule has 1 saturated carbocycles. The van der Waals surface area contributed by atoms with Crippen molar-refractivity contribution >= 4 is 0 Å². The Morgan fingerprint density at radius 1 is 1.57 bits per heavy atom. The van der Waals surface area contributed by atoms with Gasteiger partial charge in [-0.2, -0.15) is 0 Å². The molecule has 3 nitrogen and oxygen atoms in total. The van der Waals surface area contributed by atoms with Crippen LogP contribution in [0.15, 0.2) is 12.3 Å². The van der Waals surface area contributed by atoms with E-state index < -0.39 is 6.10 Å². The number of hydrogen-bond donors (Lipinski definition) is 1. The largest absolute Gasteiger partial charge is 0.381 e. The maximum atomic E-state index is 8.99. The molecule has 2 rings (SSSR count). The second-order valence-electron chi connectivity index (χ2n) is 3.52. The Hall–Kier alpha value is -1.40. The molecule has 1 N–H and O–H groups in total. The highest BCUT2D eigenvalue weighted by Crippen LogP contribution is 2.37. The number of nitrogens with zero attached hydrogens (tertiary/aromatic N) is 2. The molecule has 0 saturated heterocycles. The third-order valence-corrected chi connectivity index (χ3v) is 2.03. The van der Waals surface area contributed by atoms with Crippen LogP contribution in [0, 0.1) is 11.8 Å². The third kappa shape index (κ3) is 2.30. The second-order valence-corrected chi connectivity index (χ2v) is 3.52. The van der Waals surface area contributed by atoms with Crippen molar-refractivity contribution in [2.24, 2.45) is 0 Å². The molecule has 0 aromatic carbocycles. The number of aliphatic hydroxyl groups is 1. The zero-order valence-electron chi connectivity index (χ0n) is 8.07. The average Bonchev–Trinajstić information content (AvgIpc) is 2.98. The lowest BCUT2D eigenvalue weighted by Gasteiger charge is -1.95. The number of aliphatic hydroxyl groups excluding tert-OH is 1. The minimum atomic E-state index is -0.602. The van der Waals surface area contributed by atoms with Crippen molar-refractivity contribution in [3.8, 4) is 11.8 Å². The molecular weight excluding hydrogens is 176 g/mol. The normalized spacial score (nSPS) is 17.0. The van der Waals surface area contributed by atoms with Crippen LogP contribution in [-0.2, 0) is 0 Å². The van der Waals surface area contributed by atoms with Gasteiger partial charge in [-0.1, -0.05) is 5.92 Å². The lowest BCUT2D eigenvalue weighted by Crippen LogP contribution is -1.96. The van der Waals surface area contributed by atoms with Gasteiger partial charge in [0.25, 0.3) is 0 Å². The topological polar surface area (TPSA) is 46.0 Å². The summed E-state index contributed by atoms with van der Waals surface area (Å²) in [7, 11) is 0. The highest BCUT2D eigenvalue weighted by atomic mass is 16.3. The number of aromatic nitrogens is 2. The Morgan fingerprint density at radius 2 is 2.36 bits per heavy atom. The predicted molar refractivity (Wildman–Crippen MR) is 52.6 cm³/mol. The first-order valence-corrected chi connectivity index (χ1v) is 4.78. The van der Waals surface area contributed by atoms with Gasteiger partial charge in [-0.15, -0.1) is 0 Å². The second kappa shape index (κ2) is 3.77. The van der Waals surface area contributed by atoms with Crippen LogP contribution >= 0.6 is 0 Å². The lowest BCUT2D eigenvalue weighted by molar-refractivity contribution is 0.253. The van der Waals surface area contributed by atoms with Crippen molar-refractivity contribution in [3.05, 3.63) is 23.8 Å². The highest BCUT2D eigenvalue weighted by molar-refractivity contribution is 5.28. The van der Waals surface area contributed by atoms with Gasteiger partial charge in [-0.25, -0.2) is 9.97 Å². The van der Waals surface area contributed by atoms with Gasteiger partial charge in [0, 0.05) is 12.1 Å². The summed E-state index contributed by atoms with van der Waals surface area (Å²) in [5, 5.41) is 8.99. The van der Waals surface area contributed by atoms with Gasteiger partial charge in [-0.05, 0) is 31.8 Å². The molecule has 0 aliphatic heterocycles. The summed E-state index contributed by atoms with van der Waals surface area (Å²) in [6, 6.07) is 1.77. The van der Waals surface area contributed by atoms with E-state index in [9.17, 15) is 0 Å². The summed E-state index contributed by atoms with van der Waals surface area (Å²) in [6.07, 6.45) is 3.50. The molecule has 1 aromatic heterocycles. The Labute approximate surface area is 83.2 Å². The molecule has 1 atom stereocenters. The lowest BCUT2D eigenvalue weighted by atomic mass is 10.3. The zero-order valence-corrected chi connectivity index (χ0v) is 8.07. The van der Waals surface area contributed by atoms with E-state index in [0.29, 0.717) is 11.6 Å². The van der Waals surface area contributed by atoms with Crippen molar-refractivity contribution in [1.82, 2.24) is 9.97 Å². The van der Waals surface area contributed by atoms with Gasteiger partial charge in [-0.3, -0.25) is 0 Å². The fourth-order valence-corrected chi connectivity index (χ4v) is 1.16. The SMILES string of the molecule is C[C@@H](O)C#Cc1ccnc(C2CC2)n1. The fraction of sp³-hybridized carbons (Fsp3) is 0.455. The Balaban J connectivity index is 2.18. The van der Waals surface area contributed by atoms with E-state index in [-0.39, 0.29) is 0 Å². The first-order valence-electron chi connectivity index (χ1n) is 4.78. The quantitative estimate of drug-likeness (QED) is 0.671. The molecule has 0 radical (unpaired) electrons. The van der Waals surface area contributed by atoms with Crippen LogP contribution in [0.25, 0.3) is 0 Å². The molecule has 1 heterocycles. The van der Waals surface area contributed by atoms with E-state index in [0.717, 1.165) is 5.82 Å². The average molecular weight is 188 g/mol. The van der Waals surface area contributed by atoms with Crippen LogP contribution in [0.3, 0.4) is 0 Å². The van der Waals surface area contributed by atoms with E-state index >= 15 is 0 Å². The van der Waals surface area contributed by atoms with E-state index in [2.05, 4.69) is 21.8 Å². The summed E-state index contributed by atoms with van der Waals surface area (Å²) >= 11 is 0. The van der Waals surface area contributed by atoms with E-state index in [1.165, 1.54) is 12.8 Å². The summed E-state index contributed by atoms with van der Waals surface area (Å²) in [5.74, 6) is 6.92. The molecule has 0 spiro atoms. The molecule has 3 heteroatoms. The van der Waals surface area contributed by atoms with Crippen LogP contribution in [0.4, 0.5) is 0 Å². The summed E-state index contributed by atoms with van der Waals surface area (Å²) < 4.78 is 0. The number of rotatable bonds is 1. The molecule has 0 bridgehead atoms. The molecular formula is C11H12N2O. The van der Waals surface area contributed by atoms with Gasteiger partial charge >= 0.3 is 0 Å². The minimum absolute atomic E-state index is 0.545. The van der Waals surface area contributed by atoms with Crippen molar-refractivity contribution in [3.63, 3.8) is 0 Å². The first kappa shape index (κ1) is 9.17. The smallest absolute Gasteiger partial charge is 0.132 e. The summed E-state index contributed by atoms with van der Waals surface area (Å²) in [5.41, 5.74) is 0.697. The van der Waals surface area contributed by atoms with Gasteiger partial charge in [0.2, 0.25) is 0 Å². The van der Waals surface area contributed by atoms with Crippen molar-refractivity contribution < 1.29 is 5.11 Å². The number of hydrogen-bond acceptors (Lipinski definition) is 3. The van der Waals surface area contributed by atoms with Gasteiger partial charge < -0.3 is 5.11 Å². The molecule has 0 unspecified atom stereocenters. The Morgan fingerprint density at radius 3 is 3.00 bits per heavy atom. The molecule has 0 amide bonds. The van der Waals surface area contributed by atoms with E-state index in [1.54, 1.807) is 19.2 Å². The van der Waals surface area contributed by atoms with Crippen LogP contribution < -0.4 is 0 Å². The summed E-state index contributed by atoms with van der Waals surface area (Å²) in [4.78, 5) is 8.50. The van der Waals surface area contributed by atoms with Crippen molar-refractivity contribution in [2.45, 2.75) is 31.8 Å². The first-order chi connectivity index (χ1) is 6.75. The predicted octanol–water partition coefficient (Wildman–Crippen LogP) is 1.09. The zero-order chi connectivity index (χ0) is 9.97. The maximum Gasteiger partial charge on any atom is 0.132 e. The molecule has 1 fully saturated rings. The summed E-state index contributed by atoms with van der Waals surface area (Å²) in [6.45, 7) is 1.63. The van der Waals surface area contributed by atoms with Gasteiger partial charge in [0.1, 0.15) is 17.6 Å². The van der Waals surface area contributed by atoms with Crippen LogP contribution in [0.2, 0.25) is 0 Å². The Bertz CT molecular complexity index is 386. The van der Waals surface area contributed by atoms with Gasteiger partial charge in [0.15, 0.2) is 0 Å². The molecule has 14 heavy (non-hydrogen) atoms. The standard InChI is InChI=1S/C11H12N2O/c1-8(14)2-5-10-6-7-12-11(13-10)9-3-4-9/h6-9,14H,3-4H2,1H3/t8-/m1/s1. The van der Waals surface area contributed by atoms with Crippen molar-refractivity contribution in [1.29, 1.82) is 0 Å². The highest BCUT2D eigenvalue weighted by Gasteiger charge is 2.26. The van der Waals surface area contributed by atoms with Gasteiger partial charge in [0.05, 0.1) is 0 Å². The third-order valence-electron chi connectivity index (χ3n) is 2.03. The van der Waals surface area contributed by atoms with Crippen LogP contribution in [0.5, 0.6) is 0 Å². The fourth-order valence-electron chi connectivity index (χ4n) is 1.16. The monoisotopic (exact) mass is 188 g/mol. The van der Waals surface area contributed by atoms with E-state index in [4.69, 9.17) is 5.11 Å². The van der Waals surface area contributed by atoms with Crippen LogP contribution in [0.1, 0.15) is 37.2 Å². The molecule has 1 aliphatic rings. The molecule has 72 valence electrons. The molecule has 1 aromatic rings. The minimum Gasteiger partial charge on any atom is -0.381 e. The molecule has 1 aliphatic carbocycles. The Kier molecular flexibility index (Phi) is 2.47. The maximum absolute atomic E-state index is 8.99. The van der Waals surface area contributed by atoms with E-state index in [1.807, 2.05) is 0 Å².